The van der Waals surface area contributed by atoms with Gasteiger partial charge in [-0.2, -0.15) is 5.10 Å². The molecule has 1 aliphatic heterocycles. The molecule has 2 heterocycles. The smallest absolute Gasteiger partial charge is 0.272 e. The lowest BCUT2D eigenvalue weighted by Crippen LogP contribution is -2.39. The molecule has 35 heavy (non-hydrogen) atoms. The van der Waals surface area contributed by atoms with Crippen LogP contribution in [0.3, 0.4) is 0 Å². The van der Waals surface area contributed by atoms with Gasteiger partial charge in [0.15, 0.2) is 0 Å². The summed E-state index contributed by atoms with van der Waals surface area (Å²) in [5.74, 6) is 1.44. The standard InChI is InChI=1S/C30H31N3O2/c1-22-8-12-26(13-9-22)33-29(21-28(31-33)25-10-14-27(35-2)15-11-25)30(34)32-18-16-24(17-19-32)20-23-6-4-3-5-7-23/h3-15,21,24H,16-20H2,1-2H3. The van der Waals surface area contributed by atoms with E-state index in [1.165, 1.54) is 11.1 Å². The molecule has 1 amide bonds. The Balaban J connectivity index is 1.38. The van der Waals surface area contributed by atoms with Gasteiger partial charge in [-0.15, -0.1) is 0 Å². The van der Waals surface area contributed by atoms with Gasteiger partial charge in [-0.05, 0) is 80.1 Å². The third-order valence-corrected chi connectivity index (χ3v) is 6.86. The van der Waals surface area contributed by atoms with Crippen LogP contribution in [0.2, 0.25) is 0 Å². The highest BCUT2D eigenvalue weighted by molar-refractivity contribution is 5.94. The van der Waals surface area contributed by atoms with Crippen molar-refractivity contribution in [3.63, 3.8) is 0 Å². The highest BCUT2D eigenvalue weighted by Crippen LogP contribution is 2.27. The van der Waals surface area contributed by atoms with Gasteiger partial charge < -0.3 is 9.64 Å². The summed E-state index contributed by atoms with van der Waals surface area (Å²) in [7, 11) is 1.65. The van der Waals surface area contributed by atoms with Crippen LogP contribution in [0.15, 0.2) is 84.9 Å². The second-order valence-electron chi connectivity index (χ2n) is 9.32. The summed E-state index contributed by atoms with van der Waals surface area (Å²) in [5, 5.41) is 4.85. The van der Waals surface area contributed by atoms with E-state index in [1.807, 2.05) is 59.5 Å². The number of hydrogen-bond acceptors (Lipinski definition) is 3. The number of ether oxygens (including phenoxy) is 1. The zero-order valence-electron chi connectivity index (χ0n) is 20.4. The number of aryl methyl sites for hydroxylation is 1. The quantitative estimate of drug-likeness (QED) is 0.353. The first-order chi connectivity index (χ1) is 17.1. The molecule has 5 nitrogen and oxygen atoms in total. The van der Waals surface area contributed by atoms with E-state index in [2.05, 4.69) is 37.3 Å². The second kappa shape index (κ2) is 10.2. The zero-order chi connectivity index (χ0) is 24.2. The predicted octanol–water partition coefficient (Wildman–Crippen LogP) is 5.95. The topological polar surface area (TPSA) is 47.4 Å². The van der Waals surface area contributed by atoms with E-state index >= 15 is 0 Å². The lowest BCUT2D eigenvalue weighted by atomic mass is 9.90. The van der Waals surface area contributed by atoms with E-state index in [1.54, 1.807) is 11.8 Å². The van der Waals surface area contributed by atoms with Crippen molar-refractivity contribution < 1.29 is 9.53 Å². The van der Waals surface area contributed by atoms with E-state index in [0.717, 1.165) is 55.0 Å². The molecule has 0 N–H and O–H groups in total. The third kappa shape index (κ3) is 5.14. The number of amides is 1. The minimum absolute atomic E-state index is 0.0380. The number of benzene rings is 3. The van der Waals surface area contributed by atoms with Crippen molar-refractivity contribution >= 4 is 5.91 Å². The van der Waals surface area contributed by atoms with Gasteiger partial charge in [0.1, 0.15) is 11.4 Å². The first-order valence-corrected chi connectivity index (χ1v) is 12.3. The molecule has 0 spiro atoms. The summed E-state index contributed by atoms with van der Waals surface area (Å²) in [6, 6.07) is 28.5. The number of rotatable bonds is 6. The summed E-state index contributed by atoms with van der Waals surface area (Å²) in [4.78, 5) is 15.7. The molecule has 0 saturated carbocycles. The number of hydrogen-bond donors (Lipinski definition) is 0. The number of methoxy groups -OCH3 is 1. The van der Waals surface area contributed by atoms with E-state index in [9.17, 15) is 4.79 Å². The van der Waals surface area contributed by atoms with Gasteiger partial charge in [-0.25, -0.2) is 4.68 Å². The largest absolute Gasteiger partial charge is 0.497 e. The maximum Gasteiger partial charge on any atom is 0.272 e. The number of piperidine rings is 1. The number of aromatic nitrogens is 2. The van der Waals surface area contributed by atoms with Crippen LogP contribution in [0.5, 0.6) is 5.75 Å². The maximum absolute atomic E-state index is 13.7. The highest BCUT2D eigenvalue weighted by atomic mass is 16.5. The van der Waals surface area contributed by atoms with Crippen LogP contribution in [-0.4, -0.2) is 40.8 Å². The average Bonchev–Trinajstić information content (AvgIpc) is 3.35. The van der Waals surface area contributed by atoms with Crippen molar-refractivity contribution in [1.29, 1.82) is 0 Å². The van der Waals surface area contributed by atoms with Crippen LogP contribution < -0.4 is 4.74 Å². The fourth-order valence-corrected chi connectivity index (χ4v) is 4.77. The van der Waals surface area contributed by atoms with Gasteiger partial charge in [0.05, 0.1) is 18.5 Å². The average molecular weight is 466 g/mol. The summed E-state index contributed by atoms with van der Waals surface area (Å²) >= 11 is 0. The number of likely N-dealkylation sites (tertiary alicyclic amines) is 1. The summed E-state index contributed by atoms with van der Waals surface area (Å²) in [6.45, 7) is 3.60. The third-order valence-electron chi connectivity index (χ3n) is 6.86. The van der Waals surface area contributed by atoms with Crippen LogP contribution in [0.4, 0.5) is 0 Å². The molecule has 3 aromatic carbocycles. The Bertz CT molecular complexity index is 1270. The van der Waals surface area contributed by atoms with Crippen LogP contribution in [0.1, 0.15) is 34.5 Å². The Hall–Kier alpha value is -3.86. The second-order valence-corrected chi connectivity index (χ2v) is 9.32. The fraction of sp³-hybridized carbons (Fsp3) is 0.267. The SMILES string of the molecule is COc1ccc(-c2cc(C(=O)N3CCC(Cc4ccccc4)CC3)n(-c3ccc(C)cc3)n2)cc1. The summed E-state index contributed by atoms with van der Waals surface area (Å²) < 4.78 is 7.08. The molecule has 4 aromatic rings. The maximum atomic E-state index is 13.7. The van der Waals surface area contributed by atoms with Crippen LogP contribution in [-0.2, 0) is 6.42 Å². The van der Waals surface area contributed by atoms with Crippen LogP contribution in [0.25, 0.3) is 16.9 Å². The summed E-state index contributed by atoms with van der Waals surface area (Å²) in [5.41, 5.74) is 5.75. The zero-order valence-corrected chi connectivity index (χ0v) is 20.4. The molecule has 0 aliphatic carbocycles. The van der Waals surface area contributed by atoms with Gasteiger partial charge in [0.25, 0.3) is 5.91 Å². The lowest BCUT2D eigenvalue weighted by Gasteiger charge is -2.32. The molecule has 5 rings (SSSR count). The van der Waals surface area contributed by atoms with E-state index in [0.29, 0.717) is 11.6 Å². The minimum atomic E-state index is 0.0380. The van der Waals surface area contributed by atoms with Crippen molar-refractivity contribution in [2.75, 3.05) is 20.2 Å². The Morgan fingerprint density at radius 1 is 0.943 bits per heavy atom. The molecule has 1 aliphatic rings. The Morgan fingerprint density at radius 2 is 1.63 bits per heavy atom. The van der Waals surface area contributed by atoms with Gasteiger partial charge in [0, 0.05) is 18.7 Å². The molecule has 0 unspecified atom stereocenters. The molecule has 1 aromatic heterocycles. The normalized spacial score (nSPS) is 14.2. The van der Waals surface area contributed by atoms with E-state index < -0.39 is 0 Å². The van der Waals surface area contributed by atoms with E-state index in [-0.39, 0.29) is 5.91 Å². The monoisotopic (exact) mass is 465 g/mol. The lowest BCUT2D eigenvalue weighted by molar-refractivity contribution is 0.0681. The van der Waals surface area contributed by atoms with Crippen LogP contribution in [0, 0.1) is 12.8 Å². The van der Waals surface area contributed by atoms with Crippen LogP contribution >= 0.6 is 0 Å². The molecular formula is C30H31N3O2. The Kier molecular flexibility index (Phi) is 6.66. The highest BCUT2D eigenvalue weighted by Gasteiger charge is 2.27. The minimum Gasteiger partial charge on any atom is -0.497 e. The van der Waals surface area contributed by atoms with Crippen molar-refractivity contribution in [3.05, 3.63) is 102 Å². The first kappa shape index (κ1) is 22.9. The fourth-order valence-electron chi connectivity index (χ4n) is 4.77. The molecule has 1 fully saturated rings. The molecule has 1 saturated heterocycles. The molecule has 5 heteroatoms. The first-order valence-electron chi connectivity index (χ1n) is 12.3. The Labute approximate surface area is 207 Å². The van der Waals surface area contributed by atoms with E-state index in [4.69, 9.17) is 9.84 Å². The van der Waals surface area contributed by atoms with Gasteiger partial charge in [-0.3, -0.25) is 4.79 Å². The van der Waals surface area contributed by atoms with Crippen molar-refractivity contribution in [2.24, 2.45) is 5.92 Å². The van der Waals surface area contributed by atoms with Gasteiger partial charge in [-0.1, -0.05) is 48.0 Å². The predicted molar refractivity (Wildman–Crippen MR) is 139 cm³/mol. The molecule has 0 bridgehead atoms. The molecule has 0 atom stereocenters. The molecule has 178 valence electrons. The number of nitrogens with zero attached hydrogens (tertiary/aromatic N) is 3. The number of carbonyl (C=O) groups excluding carboxylic acids is 1. The van der Waals surface area contributed by atoms with Crippen molar-refractivity contribution in [1.82, 2.24) is 14.7 Å². The van der Waals surface area contributed by atoms with Crippen molar-refractivity contribution in [3.8, 4) is 22.7 Å². The van der Waals surface area contributed by atoms with Gasteiger partial charge >= 0.3 is 0 Å². The van der Waals surface area contributed by atoms with Gasteiger partial charge in [0.2, 0.25) is 0 Å². The number of carbonyl (C=O) groups is 1. The molecular weight excluding hydrogens is 434 g/mol. The summed E-state index contributed by atoms with van der Waals surface area (Å²) in [6.07, 6.45) is 3.11. The van der Waals surface area contributed by atoms with Crippen molar-refractivity contribution in [2.45, 2.75) is 26.2 Å². The molecule has 0 radical (unpaired) electrons. The Morgan fingerprint density at radius 3 is 2.29 bits per heavy atom.